The number of nitrogens with zero attached hydrogens (tertiary/aromatic N) is 3. The van der Waals surface area contributed by atoms with E-state index in [1.807, 2.05) is 20.0 Å². The fourth-order valence-corrected chi connectivity index (χ4v) is 3.58. The Morgan fingerprint density at radius 1 is 1.29 bits per heavy atom. The second-order valence-corrected chi connectivity index (χ2v) is 7.47. The topological polar surface area (TPSA) is 71.8 Å². The molecule has 0 aliphatic rings. The number of pyridine rings is 1. The van der Waals surface area contributed by atoms with Crippen LogP contribution < -0.4 is 10.6 Å². The third-order valence-electron chi connectivity index (χ3n) is 3.84. The molecular formula is C18H17BrCl3N5O. The lowest BCUT2D eigenvalue weighted by molar-refractivity contribution is 0.101. The average molecular weight is 506 g/mol. The van der Waals surface area contributed by atoms with E-state index in [0.717, 1.165) is 11.1 Å². The minimum absolute atomic E-state index is 0. The number of hydrogen-bond acceptors (Lipinski definition) is 4. The number of aromatic nitrogens is 3. The number of amides is 1. The van der Waals surface area contributed by atoms with E-state index in [-0.39, 0.29) is 18.3 Å². The number of nitrogens with one attached hydrogen (secondary N) is 2. The first-order chi connectivity index (χ1) is 12.9. The molecule has 0 radical (unpaired) electrons. The summed E-state index contributed by atoms with van der Waals surface area (Å²) in [6, 6.07) is 8.65. The van der Waals surface area contributed by atoms with Gasteiger partial charge < -0.3 is 10.6 Å². The highest BCUT2D eigenvalue weighted by Gasteiger charge is 2.20. The molecule has 1 amide bonds. The normalized spacial score (nSPS) is 10.5. The average Bonchev–Trinajstić information content (AvgIpc) is 3.00. The molecule has 0 atom stereocenters. The predicted molar refractivity (Wildman–Crippen MR) is 118 cm³/mol. The van der Waals surface area contributed by atoms with E-state index in [1.165, 1.54) is 4.68 Å². The summed E-state index contributed by atoms with van der Waals surface area (Å²) in [5.74, 6) is 0.0380. The minimum Gasteiger partial charge on any atom is -0.320 e. The Kier molecular flexibility index (Phi) is 7.86. The highest BCUT2D eigenvalue weighted by Crippen LogP contribution is 2.27. The van der Waals surface area contributed by atoms with Crippen molar-refractivity contribution in [2.24, 2.45) is 0 Å². The van der Waals surface area contributed by atoms with Gasteiger partial charge in [0.2, 0.25) is 0 Å². The molecule has 3 rings (SSSR count). The summed E-state index contributed by atoms with van der Waals surface area (Å²) in [6.07, 6.45) is 1.59. The van der Waals surface area contributed by atoms with E-state index in [4.69, 9.17) is 23.2 Å². The maximum absolute atomic E-state index is 13.0. The number of anilines is 1. The van der Waals surface area contributed by atoms with Gasteiger partial charge in [0.15, 0.2) is 5.82 Å². The highest BCUT2D eigenvalue weighted by atomic mass is 79.9. The summed E-state index contributed by atoms with van der Waals surface area (Å²) in [6.45, 7) is 2.45. The van der Waals surface area contributed by atoms with Crippen LogP contribution in [0.3, 0.4) is 0 Å². The Morgan fingerprint density at radius 2 is 2.04 bits per heavy atom. The number of halogens is 4. The lowest BCUT2D eigenvalue weighted by Crippen LogP contribution is -2.20. The largest absolute Gasteiger partial charge is 0.320 e. The number of benzene rings is 1. The number of aryl methyl sites for hydroxylation is 1. The van der Waals surface area contributed by atoms with E-state index in [0.29, 0.717) is 38.4 Å². The molecular weight excluding hydrogens is 488 g/mol. The van der Waals surface area contributed by atoms with E-state index in [9.17, 15) is 4.79 Å². The van der Waals surface area contributed by atoms with Crippen LogP contribution in [0.4, 0.5) is 5.69 Å². The lowest BCUT2D eigenvalue weighted by atomic mass is 10.1. The van der Waals surface area contributed by atoms with Crippen molar-refractivity contribution in [2.45, 2.75) is 13.5 Å². The first kappa shape index (κ1) is 22.6. The zero-order valence-corrected chi connectivity index (χ0v) is 18.9. The molecule has 1 aromatic carbocycles. The van der Waals surface area contributed by atoms with Gasteiger partial charge in [0, 0.05) is 29.5 Å². The molecule has 2 aromatic heterocycles. The molecule has 148 valence electrons. The van der Waals surface area contributed by atoms with Gasteiger partial charge in [-0.25, -0.2) is 9.67 Å². The van der Waals surface area contributed by atoms with E-state index in [2.05, 4.69) is 36.6 Å². The van der Waals surface area contributed by atoms with Crippen molar-refractivity contribution < 1.29 is 4.79 Å². The van der Waals surface area contributed by atoms with Crippen LogP contribution in [0.1, 0.15) is 21.6 Å². The Labute approximate surface area is 187 Å². The van der Waals surface area contributed by atoms with Gasteiger partial charge in [-0.2, -0.15) is 5.10 Å². The summed E-state index contributed by atoms with van der Waals surface area (Å²) in [7, 11) is 1.83. The van der Waals surface area contributed by atoms with Crippen LogP contribution in [0, 0.1) is 6.92 Å². The molecule has 2 N–H and O–H groups in total. The third kappa shape index (κ3) is 4.85. The Morgan fingerprint density at radius 3 is 2.71 bits per heavy atom. The van der Waals surface area contributed by atoms with Crippen molar-refractivity contribution >= 4 is 63.1 Å². The highest BCUT2D eigenvalue weighted by molar-refractivity contribution is 9.10. The molecule has 0 bridgehead atoms. The molecule has 0 spiro atoms. The van der Waals surface area contributed by atoms with Gasteiger partial charge in [-0.15, -0.1) is 12.4 Å². The van der Waals surface area contributed by atoms with Gasteiger partial charge in [0.25, 0.3) is 5.91 Å². The number of rotatable bonds is 5. The summed E-state index contributed by atoms with van der Waals surface area (Å²) in [5.41, 5.74) is 2.75. The molecule has 28 heavy (non-hydrogen) atoms. The van der Waals surface area contributed by atoms with Crippen molar-refractivity contribution in [3.63, 3.8) is 0 Å². The zero-order chi connectivity index (χ0) is 19.6. The molecule has 6 nitrogen and oxygen atoms in total. The summed E-state index contributed by atoms with van der Waals surface area (Å²) >= 11 is 15.7. The molecule has 3 aromatic rings. The van der Waals surface area contributed by atoms with Gasteiger partial charge in [-0.1, -0.05) is 23.2 Å². The number of hydrogen-bond donors (Lipinski definition) is 2. The Balaban J connectivity index is 0.00000280. The third-order valence-corrected chi connectivity index (χ3v) is 4.74. The molecule has 10 heteroatoms. The van der Waals surface area contributed by atoms with Crippen LogP contribution in [0.2, 0.25) is 10.0 Å². The van der Waals surface area contributed by atoms with Gasteiger partial charge in [0.1, 0.15) is 10.3 Å². The van der Waals surface area contributed by atoms with Crippen molar-refractivity contribution in [3.05, 3.63) is 68.0 Å². The van der Waals surface area contributed by atoms with Gasteiger partial charge in [-0.05, 0) is 65.3 Å². The fourth-order valence-electron chi connectivity index (χ4n) is 2.71. The number of carbonyl (C=O) groups excluding carboxylic acids is 1. The SMILES string of the molecule is CNCc1cc(Cl)cc(C)c1NC(=O)c1cc(Br)nn1-c1ncccc1Cl.Cl. The minimum atomic E-state index is -0.335. The van der Waals surface area contributed by atoms with E-state index in [1.54, 1.807) is 30.5 Å². The second kappa shape index (κ2) is 9.71. The van der Waals surface area contributed by atoms with Gasteiger partial charge >= 0.3 is 0 Å². The standard InChI is InChI=1S/C18H16BrCl2N5O.ClH/c1-10-6-12(20)7-11(9-22-2)16(10)24-18(27)14-8-15(19)25-26(14)17-13(21)4-3-5-23-17;/h3-8,22H,9H2,1-2H3,(H,24,27);1H. The molecule has 0 saturated carbocycles. The Bertz CT molecular complexity index is 1010. The zero-order valence-electron chi connectivity index (χ0n) is 15.0. The van der Waals surface area contributed by atoms with E-state index < -0.39 is 0 Å². The van der Waals surface area contributed by atoms with Crippen LogP contribution in [0.15, 0.2) is 41.1 Å². The molecule has 0 unspecified atom stereocenters. The molecule has 0 aliphatic heterocycles. The summed E-state index contributed by atoms with van der Waals surface area (Å²) < 4.78 is 1.91. The quantitative estimate of drug-likeness (QED) is 0.510. The second-order valence-electron chi connectivity index (χ2n) is 5.81. The van der Waals surface area contributed by atoms with Crippen molar-refractivity contribution in [3.8, 4) is 5.82 Å². The lowest BCUT2D eigenvalue weighted by Gasteiger charge is -2.15. The molecule has 2 heterocycles. The van der Waals surface area contributed by atoms with Crippen LogP contribution >= 0.6 is 51.5 Å². The first-order valence-electron chi connectivity index (χ1n) is 8.02. The Hall–Kier alpha value is -1.64. The van der Waals surface area contributed by atoms with E-state index >= 15 is 0 Å². The van der Waals surface area contributed by atoms with Crippen LogP contribution in [-0.2, 0) is 6.54 Å². The predicted octanol–water partition coefficient (Wildman–Crippen LogP) is 5.04. The summed E-state index contributed by atoms with van der Waals surface area (Å²) in [4.78, 5) is 17.2. The number of carbonyl (C=O) groups is 1. The van der Waals surface area contributed by atoms with Crippen molar-refractivity contribution in [2.75, 3.05) is 12.4 Å². The first-order valence-corrected chi connectivity index (χ1v) is 9.57. The van der Waals surface area contributed by atoms with Crippen LogP contribution in [-0.4, -0.2) is 27.7 Å². The van der Waals surface area contributed by atoms with Crippen LogP contribution in [0.5, 0.6) is 0 Å². The van der Waals surface area contributed by atoms with Crippen LogP contribution in [0.25, 0.3) is 5.82 Å². The smallest absolute Gasteiger partial charge is 0.274 e. The fraction of sp³-hybridized carbons (Fsp3) is 0.167. The molecule has 0 fully saturated rings. The molecule has 0 saturated heterocycles. The summed E-state index contributed by atoms with van der Waals surface area (Å²) in [5, 5.41) is 11.3. The van der Waals surface area contributed by atoms with Gasteiger partial charge in [0.05, 0.1) is 5.02 Å². The van der Waals surface area contributed by atoms with Gasteiger partial charge in [-0.3, -0.25) is 4.79 Å². The van der Waals surface area contributed by atoms with Crippen molar-refractivity contribution in [1.29, 1.82) is 0 Å². The van der Waals surface area contributed by atoms with Crippen molar-refractivity contribution in [1.82, 2.24) is 20.1 Å². The molecule has 0 aliphatic carbocycles. The maximum Gasteiger partial charge on any atom is 0.274 e. The maximum atomic E-state index is 13.0. The monoisotopic (exact) mass is 503 g/mol.